The molecular formula is C21H28N2O3. The SMILES string of the molecule is [C-]#[N+]c1ccc2c(c1)[C@@](N)(C(=O)OCC)[C@@]1(CC[C@@H](OC)[C@H](CC)C1)C2. The van der Waals surface area contributed by atoms with Gasteiger partial charge >= 0.3 is 5.97 Å². The molecule has 5 nitrogen and oxygen atoms in total. The molecule has 0 amide bonds. The van der Waals surface area contributed by atoms with Crippen LogP contribution in [0.15, 0.2) is 18.2 Å². The first kappa shape index (κ1) is 18.9. The third-order valence-electron chi connectivity index (χ3n) is 6.52. The summed E-state index contributed by atoms with van der Waals surface area (Å²) in [6, 6.07) is 5.56. The monoisotopic (exact) mass is 356 g/mol. The molecule has 1 aromatic rings. The van der Waals surface area contributed by atoms with Crippen LogP contribution in [0.1, 0.15) is 50.7 Å². The topological polar surface area (TPSA) is 65.9 Å². The number of methoxy groups -OCH3 is 1. The Labute approximate surface area is 155 Å². The molecular weight excluding hydrogens is 328 g/mol. The van der Waals surface area contributed by atoms with Gasteiger partial charge in [0.25, 0.3) is 0 Å². The van der Waals surface area contributed by atoms with E-state index < -0.39 is 5.54 Å². The van der Waals surface area contributed by atoms with Crippen molar-refractivity contribution in [2.24, 2.45) is 17.1 Å². The van der Waals surface area contributed by atoms with Crippen molar-refractivity contribution in [1.82, 2.24) is 0 Å². The Hall–Kier alpha value is -1.90. The average molecular weight is 356 g/mol. The van der Waals surface area contributed by atoms with Crippen molar-refractivity contribution in [2.75, 3.05) is 13.7 Å². The van der Waals surface area contributed by atoms with Gasteiger partial charge in [0, 0.05) is 12.5 Å². The molecule has 5 heteroatoms. The zero-order chi connectivity index (χ0) is 18.9. The second kappa shape index (κ2) is 7.02. The lowest BCUT2D eigenvalue weighted by Crippen LogP contribution is -2.59. The first-order chi connectivity index (χ1) is 12.5. The molecule has 0 unspecified atom stereocenters. The van der Waals surface area contributed by atoms with E-state index in [-0.39, 0.29) is 17.5 Å². The first-order valence-corrected chi connectivity index (χ1v) is 9.45. The number of fused-ring (bicyclic) bond motifs is 1. The molecule has 0 radical (unpaired) electrons. The number of rotatable bonds is 4. The van der Waals surface area contributed by atoms with Gasteiger partial charge in [-0.1, -0.05) is 31.5 Å². The quantitative estimate of drug-likeness (QED) is 0.659. The van der Waals surface area contributed by atoms with Crippen molar-refractivity contribution in [2.45, 2.75) is 57.6 Å². The van der Waals surface area contributed by atoms with Crippen molar-refractivity contribution in [3.05, 3.63) is 40.7 Å². The molecule has 2 aliphatic carbocycles. The Kier molecular flexibility index (Phi) is 5.09. The van der Waals surface area contributed by atoms with E-state index in [1.54, 1.807) is 20.1 Å². The highest BCUT2D eigenvalue weighted by molar-refractivity contribution is 5.86. The van der Waals surface area contributed by atoms with E-state index in [9.17, 15) is 4.79 Å². The maximum absolute atomic E-state index is 13.1. The van der Waals surface area contributed by atoms with E-state index in [0.717, 1.165) is 43.2 Å². The fourth-order valence-corrected chi connectivity index (χ4v) is 5.14. The predicted octanol–water partition coefficient (Wildman–Crippen LogP) is 3.72. The fourth-order valence-electron chi connectivity index (χ4n) is 5.14. The lowest BCUT2D eigenvalue weighted by molar-refractivity contribution is -0.159. The third-order valence-corrected chi connectivity index (χ3v) is 6.52. The zero-order valence-corrected chi connectivity index (χ0v) is 15.9. The molecule has 26 heavy (non-hydrogen) atoms. The van der Waals surface area contributed by atoms with Gasteiger partial charge in [-0.2, -0.15) is 0 Å². The van der Waals surface area contributed by atoms with Crippen LogP contribution >= 0.6 is 0 Å². The minimum absolute atomic E-state index is 0.208. The summed E-state index contributed by atoms with van der Waals surface area (Å²) in [5.74, 6) is -0.00709. The molecule has 0 aliphatic heterocycles. The second-order valence-electron chi connectivity index (χ2n) is 7.62. The molecule has 1 aromatic carbocycles. The average Bonchev–Trinajstić information content (AvgIpc) is 2.90. The summed E-state index contributed by atoms with van der Waals surface area (Å²) in [7, 11) is 1.76. The molecule has 0 heterocycles. The molecule has 2 N–H and O–H groups in total. The van der Waals surface area contributed by atoms with E-state index in [1.165, 1.54) is 0 Å². The van der Waals surface area contributed by atoms with Crippen LogP contribution in [0.5, 0.6) is 0 Å². The highest BCUT2D eigenvalue weighted by Crippen LogP contribution is 2.59. The van der Waals surface area contributed by atoms with Gasteiger partial charge < -0.3 is 15.2 Å². The standard InChI is InChI=1S/C21H28N2O3/c1-5-14-12-20(10-9-18(14)25-4)13-15-7-8-16(23-3)11-17(15)21(20,22)19(24)26-6-2/h7-8,11,14,18H,5-6,9-10,12-13,22H2,1-2,4H3/t14-,18-,20-,21-/m1/s1. The summed E-state index contributed by atoms with van der Waals surface area (Å²) >= 11 is 0. The van der Waals surface area contributed by atoms with Gasteiger partial charge in [-0.15, -0.1) is 0 Å². The van der Waals surface area contributed by atoms with E-state index in [1.807, 2.05) is 12.1 Å². The molecule has 1 fully saturated rings. The van der Waals surface area contributed by atoms with Crippen molar-refractivity contribution in [1.29, 1.82) is 0 Å². The zero-order valence-electron chi connectivity index (χ0n) is 15.9. The van der Waals surface area contributed by atoms with Gasteiger partial charge in [0.1, 0.15) is 5.54 Å². The van der Waals surface area contributed by atoms with Crippen LogP contribution in [0.3, 0.4) is 0 Å². The number of carbonyl (C=O) groups excluding carboxylic acids is 1. The van der Waals surface area contributed by atoms with E-state index in [0.29, 0.717) is 18.2 Å². The number of hydrogen-bond donors (Lipinski definition) is 1. The summed E-state index contributed by atoms with van der Waals surface area (Å²) < 4.78 is 11.1. The van der Waals surface area contributed by atoms with Gasteiger partial charge in [-0.3, -0.25) is 0 Å². The fraction of sp³-hybridized carbons (Fsp3) is 0.619. The molecule has 4 atom stereocenters. The van der Waals surface area contributed by atoms with E-state index >= 15 is 0 Å². The predicted molar refractivity (Wildman–Crippen MR) is 99.8 cm³/mol. The number of nitrogens with zero attached hydrogens (tertiary/aromatic N) is 1. The van der Waals surface area contributed by atoms with Crippen LogP contribution in [-0.4, -0.2) is 25.8 Å². The summed E-state index contributed by atoms with van der Waals surface area (Å²) in [5.41, 5.74) is 7.69. The van der Waals surface area contributed by atoms with Crippen LogP contribution in [0.2, 0.25) is 0 Å². The number of carbonyl (C=O) groups is 1. The van der Waals surface area contributed by atoms with Crippen molar-refractivity contribution >= 4 is 11.7 Å². The van der Waals surface area contributed by atoms with Crippen LogP contribution in [0, 0.1) is 17.9 Å². The van der Waals surface area contributed by atoms with Gasteiger partial charge in [0.15, 0.2) is 5.69 Å². The number of hydrogen-bond acceptors (Lipinski definition) is 4. The summed E-state index contributed by atoms with van der Waals surface area (Å²) in [4.78, 5) is 16.6. The molecule has 0 saturated heterocycles. The second-order valence-corrected chi connectivity index (χ2v) is 7.62. The Balaban J connectivity index is 2.11. The van der Waals surface area contributed by atoms with Crippen LogP contribution in [-0.2, 0) is 26.2 Å². The Morgan fingerprint density at radius 1 is 1.42 bits per heavy atom. The highest BCUT2D eigenvalue weighted by Gasteiger charge is 2.62. The number of ether oxygens (including phenoxy) is 2. The van der Waals surface area contributed by atoms with E-state index in [2.05, 4.69) is 11.8 Å². The number of nitrogens with two attached hydrogens (primary N) is 1. The van der Waals surface area contributed by atoms with E-state index in [4.69, 9.17) is 21.8 Å². The first-order valence-electron chi connectivity index (χ1n) is 9.45. The maximum Gasteiger partial charge on any atom is 0.331 e. The Bertz CT molecular complexity index is 741. The van der Waals surface area contributed by atoms with Crippen molar-refractivity contribution < 1.29 is 14.3 Å². The van der Waals surface area contributed by atoms with Crippen LogP contribution in [0.25, 0.3) is 4.85 Å². The van der Waals surface area contributed by atoms with Crippen molar-refractivity contribution in [3.63, 3.8) is 0 Å². The van der Waals surface area contributed by atoms with Crippen LogP contribution < -0.4 is 5.73 Å². The molecule has 140 valence electrons. The van der Waals surface area contributed by atoms with Gasteiger partial charge in [0.2, 0.25) is 0 Å². The summed E-state index contributed by atoms with van der Waals surface area (Å²) in [6.45, 7) is 11.6. The minimum Gasteiger partial charge on any atom is -0.464 e. The normalized spacial score (nSPS) is 32.9. The van der Waals surface area contributed by atoms with Gasteiger partial charge in [-0.25, -0.2) is 9.64 Å². The Morgan fingerprint density at radius 2 is 2.19 bits per heavy atom. The van der Waals surface area contributed by atoms with Gasteiger partial charge in [0.05, 0.1) is 19.3 Å². The smallest absolute Gasteiger partial charge is 0.331 e. The van der Waals surface area contributed by atoms with Crippen LogP contribution in [0.4, 0.5) is 5.69 Å². The Morgan fingerprint density at radius 3 is 2.81 bits per heavy atom. The largest absolute Gasteiger partial charge is 0.464 e. The lowest BCUT2D eigenvalue weighted by Gasteiger charge is -2.49. The molecule has 2 aliphatic rings. The number of esters is 1. The maximum atomic E-state index is 13.1. The third kappa shape index (κ3) is 2.64. The highest BCUT2D eigenvalue weighted by atomic mass is 16.5. The lowest BCUT2D eigenvalue weighted by atomic mass is 9.58. The summed E-state index contributed by atoms with van der Waals surface area (Å²) in [5, 5.41) is 0. The molecule has 0 bridgehead atoms. The molecule has 1 saturated carbocycles. The molecule has 1 spiro atoms. The van der Waals surface area contributed by atoms with Gasteiger partial charge in [-0.05, 0) is 49.7 Å². The minimum atomic E-state index is -1.20. The van der Waals surface area contributed by atoms with Crippen molar-refractivity contribution in [3.8, 4) is 0 Å². The summed E-state index contributed by atoms with van der Waals surface area (Å²) in [6.07, 6.45) is 4.49. The molecule has 3 rings (SSSR count). The number of benzene rings is 1. The molecule has 0 aromatic heterocycles.